The molecule has 1 heterocycles. The molecule has 1 fully saturated rings. The van der Waals surface area contributed by atoms with Gasteiger partial charge in [0.25, 0.3) is 0 Å². The first-order valence-corrected chi connectivity index (χ1v) is 9.16. The Balaban J connectivity index is 2.01. The van der Waals surface area contributed by atoms with Crippen molar-refractivity contribution in [2.45, 2.75) is 45.4 Å². The standard InChI is InChI=1S/C20H32N2O3/c1-20(2,3)17-10-9-16(25-19(23)21(4)5)15-18(17)24-14-8-13-22-11-6-7-12-22/h9-10,15H,6-8,11-14H2,1-5H3. The summed E-state index contributed by atoms with van der Waals surface area (Å²) in [5, 5.41) is 0. The van der Waals surface area contributed by atoms with Gasteiger partial charge in [0.15, 0.2) is 0 Å². The van der Waals surface area contributed by atoms with Crippen molar-refractivity contribution in [2.24, 2.45) is 0 Å². The van der Waals surface area contributed by atoms with Crippen LogP contribution in [-0.4, -0.2) is 56.2 Å². The molecule has 0 bridgehead atoms. The molecule has 0 spiro atoms. The van der Waals surface area contributed by atoms with Crippen molar-refractivity contribution in [3.8, 4) is 11.5 Å². The molecule has 0 atom stereocenters. The Morgan fingerprint density at radius 3 is 2.48 bits per heavy atom. The Kier molecular flexibility index (Phi) is 6.71. The Morgan fingerprint density at radius 1 is 1.20 bits per heavy atom. The summed E-state index contributed by atoms with van der Waals surface area (Å²) < 4.78 is 11.4. The highest BCUT2D eigenvalue weighted by atomic mass is 16.6. The summed E-state index contributed by atoms with van der Waals surface area (Å²) >= 11 is 0. The van der Waals surface area contributed by atoms with Crippen LogP contribution in [0.5, 0.6) is 11.5 Å². The van der Waals surface area contributed by atoms with Gasteiger partial charge in [0.05, 0.1) is 6.61 Å². The number of hydrogen-bond acceptors (Lipinski definition) is 4. The lowest BCUT2D eigenvalue weighted by Gasteiger charge is -2.24. The van der Waals surface area contributed by atoms with Gasteiger partial charge in [-0.1, -0.05) is 26.8 Å². The second-order valence-corrected chi connectivity index (χ2v) is 7.92. The van der Waals surface area contributed by atoms with Crippen LogP contribution in [0.1, 0.15) is 45.6 Å². The third-order valence-corrected chi connectivity index (χ3v) is 4.41. The minimum Gasteiger partial charge on any atom is -0.493 e. The van der Waals surface area contributed by atoms with E-state index in [1.165, 1.54) is 30.8 Å². The van der Waals surface area contributed by atoms with Gasteiger partial charge in [-0.15, -0.1) is 0 Å². The molecule has 1 aromatic carbocycles. The molecular formula is C20H32N2O3. The summed E-state index contributed by atoms with van der Waals surface area (Å²) in [5.74, 6) is 1.32. The average molecular weight is 348 g/mol. The van der Waals surface area contributed by atoms with E-state index in [0.29, 0.717) is 12.4 Å². The first kappa shape index (κ1) is 19.6. The van der Waals surface area contributed by atoms with E-state index >= 15 is 0 Å². The molecule has 0 aromatic heterocycles. The van der Waals surface area contributed by atoms with Gasteiger partial charge < -0.3 is 19.3 Å². The molecule has 2 rings (SSSR count). The summed E-state index contributed by atoms with van der Waals surface area (Å²) in [6, 6.07) is 5.66. The summed E-state index contributed by atoms with van der Waals surface area (Å²) in [5.41, 5.74) is 1.09. The van der Waals surface area contributed by atoms with Gasteiger partial charge in [0.1, 0.15) is 11.5 Å². The molecule has 0 aliphatic carbocycles. The van der Waals surface area contributed by atoms with Crippen LogP contribution >= 0.6 is 0 Å². The van der Waals surface area contributed by atoms with Gasteiger partial charge >= 0.3 is 6.09 Å². The van der Waals surface area contributed by atoms with E-state index < -0.39 is 0 Å². The molecule has 1 aromatic rings. The molecule has 0 saturated carbocycles. The molecule has 0 N–H and O–H groups in total. The number of rotatable bonds is 6. The predicted molar refractivity (Wildman–Crippen MR) is 101 cm³/mol. The van der Waals surface area contributed by atoms with Gasteiger partial charge in [-0.2, -0.15) is 0 Å². The SMILES string of the molecule is CN(C)C(=O)Oc1ccc(C(C)(C)C)c(OCCCN2CCCC2)c1. The molecule has 5 nitrogen and oxygen atoms in total. The van der Waals surface area contributed by atoms with Crippen molar-refractivity contribution in [1.82, 2.24) is 9.80 Å². The average Bonchev–Trinajstić information content (AvgIpc) is 3.04. The van der Waals surface area contributed by atoms with Crippen molar-refractivity contribution < 1.29 is 14.3 Å². The van der Waals surface area contributed by atoms with E-state index in [9.17, 15) is 4.79 Å². The molecule has 0 unspecified atom stereocenters. The third kappa shape index (κ3) is 5.92. The van der Waals surface area contributed by atoms with Crippen molar-refractivity contribution in [3.05, 3.63) is 23.8 Å². The predicted octanol–water partition coefficient (Wildman–Crippen LogP) is 3.91. The lowest BCUT2D eigenvalue weighted by Crippen LogP contribution is -2.25. The molecule has 0 radical (unpaired) electrons. The number of amides is 1. The molecule has 1 amide bonds. The number of nitrogens with zero attached hydrogens (tertiary/aromatic N) is 2. The number of carbonyl (C=O) groups excluding carboxylic acids is 1. The largest absolute Gasteiger partial charge is 0.493 e. The minimum atomic E-state index is -0.386. The molecule has 25 heavy (non-hydrogen) atoms. The molecule has 140 valence electrons. The van der Waals surface area contributed by atoms with Crippen molar-refractivity contribution in [1.29, 1.82) is 0 Å². The smallest absolute Gasteiger partial charge is 0.414 e. The summed E-state index contributed by atoms with van der Waals surface area (Å²) in [6.07, 6.45) is 3.25. The first-order chi connectivity index (χ1) is 11.8. The molecular weight excluding hydrogens is 316 g/mol. The maximum absolute atomic E-state index is 11.8. The molecule has 1 saturated heterocycles. The van der Waals surface area contributed by atoms with Crippen LogP contribution in [0.3, 0.4) is 0 Å². The zero-order valence-electron chi connectivity index (χ0n) is 16.3. The van der Waals surface area contributed by atoms with Crippen molar-refractivity contribution in [2.75, 3.05) is 40.3 Å². The lowest BCUT2D eigenvalue weighted by molar-refractivity contribution is 0.171. The van der Waals surface area contributed by atoms with Crippen LogP contribution in [0, 0.1) is 0 Å². The van der Waals surface area contributed by atoms with Crippen molar-refractivity contribution in [3.63, 3.8) is 0 Å². The van der Waals surface area contributed by atoms with Crippen LogP contribution < -0.4 is 9.47 Å². The molecule has 1 aliphatic heterocycles. The fourth-order valence-corrected chi connectivity index (χ4v) is 2.97. The molecule has 1 aliphatic rings. The van der Waals surface area contributed by atoms with Gasteiger partial charge in [-0.3, -0.25) is 0 Å². The fourth-order valence-electron chi connectivity index (χ4n) is 2.97. The van der Waals surface area contributed by atoms with E-state index in [4.69, 9.17) is 9.47 Å². The Labute approximate surface area is 151 Å². The fraction of sp³-hybridized carbons (Fsp3) is 0.650. The summed E-state index contributed by atoms with van der Waals surface area (Å²) in [6.45, 7) is 10.7. The van der Waals surface area contributed by atoms with E-state index in [-0.39, 0.29) is 11.5 Å². The van der Waals surface area contributed by atoms with Gasteiger partial charge in [0.2, 0.25) is 0 Å². The Hall–Kier alpha value is -1.75. The second kappa shape index (κ2) is 8.56. The van der Waals surface area contributed by atoms with E-state index in [0.717, 1.165) is 24.3 Å². The first-order valence-electron chi connectivity index (χ1n) is 9.16. The van der Waals surface area contributed by atoms with E-state index in [1.54, 1.807) is 14.1 Å². The highest BCUT2D eigenvalue weighted by Crippen LogP contribution is 2.34. The lowest BCUT2D eigenvalue weighted by atomic mass is 9.86. The number of ether oxygens (including phenoxy) is 2. The van der Waals surface area contributed by atoms with Gasteiger partial charge in [-0.25, -0.2) is 4.79 Å². The monoisotopic (exact) mass is 348 g/mol. The van der Waals surface area contributed by atoms with Crippen LogP contribution in [0.15, 0.2) is 18.2 Å². The second-order valence-electron chi connectivity index (χ2n) is 7.92. The van der Waals surface area contributed by atoms with E-state index in [1.807, 2.05) is 18.2 Å². The normalized spacial score (nSPS) is 15.2. The topological polar surface area (TPSA) is 42.0 Å². The van der Waals surface area contributed by atoms with E-state index in [2.05, 4.69) is 25.7 Å². The van der Waals surface area contributed by atoms with Crippen LogP contribution in [0.25, 0.3) is 0 Å². The highest BCUT2D eigenvalue weighted by molar-refractivity contribution is 5.70. The number of benzene rings is 1. The van der Waals surface area contributed by atoms with Gasteiger partial charge in [0, 0.05) is 26.7 Å². The number of hydrogen-bond donors (Lipinski definition) is 0. The maximum Gasteiger partial charge on any atom is 0.414 e. The van der Waals surface area contributed by atoms with Crippen molar-refractivity contribution >= 4 is 6.09 Å². The minimum absolute atomic E-state index is 0.0334. The number of likely N-dealkylation sites (tertiary alicyclic amines) is 1. The highest BCUT2D eigenvalue weighted by Gasteiger charge is 2.20. The molecule has 5 heteroatoms. The summed E-state index contributed by atoms with van der Waals surface area (Å²) in [7, 11) is 3.34. The van der Waals surface area contributed by atoms with Crippen LogP contribution in [0.4, 0.5) is 4.79 Å². The zero-order valence-corrected chi connectivity index (χ0v) is 16.3. The Morgan fingerprint density at radius 2 is 1.88 bits per heavy atom. The summed E-state index contributed by atoms with van der Waals surface area (Å²) in [4.78, 5) is 15.7. The third-order valence-electron chi connectivity index (χ3n) is 4.41. The Bertz CT molecular complexity index is 573. The van der Waals surface area contributed by atoms with Crippen LogP contribution in [0.2, 0.25) is 0 Å². The maximum atomic E-state index is 11.8. The number of carbonyl (C=O) groups is 1. The zero-order chi connectivity index (χ0) is 18.4. The van der Waals surface area contributed by atoms with Crippen LogP contribution in [-0.2, 0) is 5.41 Å². The van der Waals surface area contributed by atoms with Gasteiger partial charge in [-0.05, 0) is 49.4 Å². The quantitative estimate of drug-likeness (QED) is 0.731.